The number of carboxylic acids is 1. The van der Waals surface area contributed by atoms with Crippen LogP contribution in [0.25, 0.3) is 0 Å². The monoisotopic (exact) mass is 345 g/mol. The Labute approximate surface area is 144 Å². The van der Waals surface area contributed by atoms with E-state index in [0.29, 0.717) is 5.95 Å². The summed E-state index contributed by atoms with van der Waals surface area (Å²) in [5.74, 6) is 0.922. The molecule has 2 aliphatic heterocycles. The van der Waals surface area contributed by atoms with Gasteiger partial charge in [-0.25, -0.2) is 9.48 Å². The second kappa shape index (κ2) is 6.25. The fraction of sp³-hybridized carbons (Fsp3) is 0.438. The molecule has 9 heteroatoms. The molecule has 0 radical (unpaired) electrons. The van der Waals surface area contributed by atoms with E-state index in [1.54, 1.807) is 7.05 Å². The number of carbonyl (C=O) groups is 1. The van der Waals surface area contributed by atoms with Gasteiger partial charge in [0.05, 0.1) is 0 Å². The standard InChI is InChI=1S/C16H19N5O4/c1-19-16(17-14(18-19)15(22)23)21-6-4-20(5-7-21)9-11-2-3-12-13(8-11)25-10-24-12/h2-3,8H,4-7,9-10H2,1H3,(H,22,23). The topological polar surface area (TPSA) is 93.0 Å². The highest BCUT2D eigenvalue weighted by molar-refractivity contribution is 5.83. The van der Waals surface area contributed by atoms with Crippen molar-refractivity contribution in [2.45, 2.75) is 6.54 Å². The summed E-state index contributed by atoms with van der Waals surface area (Å²) in [5.41, 5.74) is 1.18. The lowest BCUT2D eigenvalue weighted by Crippen LogP contribution is -2.46. The molecule has 2 aliphatic rings. The van der Waals surface area contributed by atoms with Crippen molar-refractivity contribution in [1.29, 1.82) is 0 Å². The van der Waals surface area contributed by atoms with Gasteiger partial charge in [0, 0.05) is 39.8 Å². The van der Waals surface area contributed by atoms with Crippen LogP contribution in [0.5, 0.6) is 11.5 Å². The van der Waals surface area contributed by atoms with E-state index in [-0.39, 0.29) is 12.6 Å². The highest BCUT2D eigenvalue weighted by Crippen LogP contribution is 2.32. The van der Waals surface area contributed by atoms with E-state index in [2.05, 4.69) is 25.9 Å². The van der Waals surface area contributed by atoms with Gasteiger partial charge in [0.2, 0.25) is 12.7 Å². The molecular formula is C16H19N5O4. The molecule has 132 valence electrons. The number of anilines is 1. The number of aryl methyl sites for hydroxylation is 1. The normalized spacial score (nSPS) is 17.1. The maximum Gasteiger partial charge on any atom is 0.375 e. The lowest BCUT2D eigenvalue weighted by Gasteiger charge is -2.34. The van der Waals surface area contributed by atoms with Crippen molar-refractivity contribution in [3.8, 4) is 11.5 Å². The van der Waals surface area contributed by atoms with E-state index < -0.39 is 5.97 Å². The first-order valence-electron chi connectivity index (χ1n) is 8.10. The van der Waals surface area contributed by atoms with Crippen LogP contribution in [0.15, 0.2) is 18.2 Å². The average Bonchev–Trinajstić information content (AvgIpc) is 3.22. The van der Waals surface area contributed by atoms with Crippen LogP contribution in [0.1, 0.15) is 16.2 Å². The van der Waals surface area contributed by atoms with Gasteiger partial charge in [-0.3, -0.25) is 4.90 Å². The fourth-order valence-electron chi connectivity index (χ4n) is 3.15. The zero-order valence-corrected chi connectivity index (χ0v) is 13.9. The van der Waals surface area contributed by atoms with Crippen molar-refractivity contribution < 1.29 is 19.4 Å². The largest absolute Gasteiger partial charge is 0.475 e. The lowest BCUT2D eigenvalue weighted by molar-refractivity contribution is 0.0683. The maximum absolute atomic E-state index is 11.0. The van der Waals surface area contributed by atoms with Crippen LogP contribution in [0.4, 0.5) is 5.95 Å². The summed E-state index contributed by atoms with van der Waals surface area (Å²) in [4.78, 5) is 19.5. The number of carboxylic acid groups (broad SMARTS) is 1. The van der Waals surface area contributed by atoms with Crippen LogP contribution in [-0.4, -0.2) is 63.7 Å². The fourth-order valence-corrected chi connectivity index (χ4v) is 3.15. The van der Waals surface area contributed by atoms with E-state index in [0.717, 1.165) is 44.2 Å². The highest BCUT2D eigenvalue weighted by Gasteiger charge is 2.23. The molecule has 0 spiro atoms. The Hall–Kier alpha value is -2.81. The van der Waals surface area contributed by atoms with Crippen molar-refractivity contribution >= 4 is 11.9 Å². The van der Waals surface area contributed by atoms with E-state index in [9.17, 15) is 4.79 Å². The van der Waals surface area contributed by atoms with Gasteiger partial charge in [-0.05, 0) is 17.7 Å². The number of aromatic nitrogens is 3. The molecular weight excluding hydrogens is 326 g/mol. The van der Waals surface area contributed by atoms with Crippen LogP contribution >= 0.6 is 0 Å². The summed E-state index contributed by atoms with van der Waals surface area (Å²) in [6.07, 6.45) is 0. The Morgan fingerprint density at radius 3 is 2.68 bits per heavy atom. The Morgan fingerprint density at radius 2 is 1.96 bits per heavy atom. The third-order valence-corrected chi connectivity index (χ3v) is 4.43. The number of ether oxygens (including phenoxy) is 2. The number of hydrogen-bond donors (Lipinski definition) is 1. The Bertz CT molecular complexity index is 798. The van der Waals surface area contributed by atoms with Gasteiger partial charge in [-0.1, -0.05) is 6.07 Å². The van der Waals surface area contributed by atoms with Crippen LogP contribution < -0.4 is 14.4 Å². The van der Waals surface area contributed by atoms with E-state index in [4.69, 9.17) is 14.6 Å². The zero-order chi connectivity index (χ0) is 17.4. The summed E-state index contributed by atoms with van der Waals surface area (Å²) in [6.45, 7) is 4.40. The van der Waals surface area contributed by atoms with E-state index >= 15 is 0 Å². The summed E-state index contributed by atoms with van der Waals surface area (Å²) in [6, 6.07) is 6.03. The molecule has 0 saturated carbocycles. The molecule has 0 atom stereocenters. The minimum absolute atomic E-state index is 0.166. The van der Waals surface area contributed by atoms with Crippen molar-refractivity contribution in [3.05, 3.63) is 29.6 Å². The molecule has 2 aromatic rings. The number of piperazine rings is 1. The molecule has 0 bridgehead atoms. The van der Waals surface area contributed by atoms with Crippen LogP contribution in [0, 0.1) is 0 Å². The van der Waals surface area contributed by atoms with Crippen molar-refractivity contribution in [3.63, 3.8) is 0 Å². The zero-order valence-electron chi connectivity index (χ0n) is 13.9. The van der Waals surface area contributed by atoms with E-state index in [1.807, 2.05) is 12.1 Å². The lowest BCUT2D eigenvalue weighted by atomic mass is 10.1. The van der Waals surface area contributed by atoms with Gasteiger partial charge >= 0.3 is 5.97 Å². The molecule has 3 heterocycles. The molecule has 1 N–H and O–H groups in total. The summed E-state index contributed by atoms with van der Waals surface area (Å²) < 4.78 is 12.3. The molecule has 1 aromatic heterocycles. The SMILES string of the molecule is Cn1nc(C(=O)O)nc1N1CCN(Cc2ccc3c(c2)OCO3)CC1. The molecule has 1 aromatic carbocycles. The number of aromatic carboxylic acids is 1. The number of benzene rings is 1. The van der Waals surface area contributed by atoms with E-state index in [1.165, 1.54) is 10.2 Å². The summed E-state index contributed by atoms with van der Waals surface area (Å²) in [5, 5.41) is 12.9. The van der Waals surface area contributed by atoms with Crippen LogP contribution in [0.2, 0.25) is 0 Å². The third-order valence-electron chi connectivity index (χ3n) is 4.43. The van der Waals surface area contributed by atoms with Crippen LogP contribution in [-0.2, 0) is 13.6 Å². The summed E-state index contributed by atoms with van der Waals surface area (Å²) >= 11 is 0. The molecule has 0 amide bonds. The molecule has 9 nitrogen and oxygen atoms in total. The van der Waals surface area contributed by atoms with Gasteiger partial charge in [-0.2, -0.15) is 4.98 Å². The molecule has 0 aliphatic carbocycles. The first-order valence-corrected chi connectivity index (χ1v) is 8.10. The van der Waals surface area contributed by atoms with Crippen molar-refractivity contribution in [1.82, 2.24) is 19.7 Å². The molecule has 1 fully saturated rings. The van der Waals surface area contributed by atoms with Gasteiger partial charge in [0.1, 0.15) is 0 Å². The molecule has 1 saturated heterocycles. The maximum atomic E-state index is 11.0. The van der Waals surface area contributed by atoms with Crippen molar-refractivity contribution in [2.24, 2.45) is 7.05 Å². The Balaban J connectivity index is 1.37. The minimum atomic E-state index is -1.11. The Morgan fingerprint density at radius 1 is 1.20 bits per heavy atom. The number of hydrogen-bond acceptors (Lipinski definition) is 7. The first kappa shape index (κ1) is 15.7. The highest BCUT2D eigenvalue weighted by atomic mass is 16.7. The predicted octanol–water partition coefficient (Wildman–Crippen LogP) is 0.564. The third kappa shape index (κ3) is 3.10. The second-order valence-corrected chi connectivity index (χ2v) is 6.11. The average molecular weight is 345 g/mol. The second-order valence-electron chi connectivity index (χ2n) is 6.11. The number of fused-ring (bicyclic) bond motifs is 1. The van der Waals surface area contributed by atoms with Crippen LogP contribution in [0.3, 0.4) is 0 Å². The Kier molecular flexibility index (Phi) is 3.92. The van der Waals surface area contributed by atoms with Gasteiger partial charge < -0.3 is 19.5 Å². The smallest absolute Gasteiger partial charge is 0.375 e. The van der Waals surface area contributed by atoms with Gasteiger partial charge in [-0.15, -0.1) is 5.10 Å². The predicted molar refractivity (Wildman–Crippen MR) is 88.0 cm³/mol. The van der Waals surface area contributed by atoms with Crippen molar-refractivity contribution in [2.75, 3.05) is 37.9 Å². The molecule has 4 rings (SSSR count). The van der Waals surface area contributed by atoms with Gasteiger partial charge in [0.15, 0.2) is 11.5 Å². The number of rotatable bonds is 4. The quantitative estimate of drug-likeness (QED) is 0.859. The number of nitrogens with zero attached hydrogens (tertiary/aromatic N) is 5. The molecule has 0 unspecified atom stereocenters. The first-order chi connectivity index (χ1) is 12.1. The molecule has 25 heavy (non-hydrogen) atoms. The summed E-state index contributed by atoms with van der Waals surface area (Å²) in [7, 11) is 1.72. The minimum Gasteiger partial charge on any atom is -0.475 e. The van der Waals surface area contributed by atoms with Gasteiger partial charge in [0.25, 0.3) is 5.82 Å².